The molecule has 25 heavy (non-hydrogen) atoms. The Kier molecular flexibility index (Phi) is 8.26. The minimum atomic E-state index is -2.44. The molecule has 8 nitrogen and oxygen atoms in total. The highest BCUT2D eigenvalue weighted by molar-refractivity contribution is 7.11. The zero-order chi connectivity index (χ0) is 19.0. The highest BCUT2D eigenvalue weighted by atomic mass is 32.1. The van der Waals surface area contributed by atoms with E-state index in [9.17, 15) is 19.8 Å². The number of likely N-dealkylation sites (N-methyl/N-ethyl adjacent to an activating group) is 1. The van der Waals surface area contributed by atoms with E-state index in [4.69, 9.17) is 10.2 Å². The van der Waals surface area contributed by atoms with Crippen LogP contribution in [0.2, 0.25) is 0 Å². The lowest BCUT2D eigenvalue weighted by Crippen LogP contribution is -2.51. The predicted octanol–water partition coefficient (Wildman–Crippen LogP) is -1.99. The fourth-order valence-corrected chi connectivity index (χ4v) is 2.70. The Hall–Kier alpha value is -2.23. The summed E-state index contributed by atoms with van der Waals surface area (Å²) in [5, 5.41) is 37.9. The van der Waals surface area contributed by atoms with Gasteiger partial charge >= 0.3 is 0 Å². The summed E-state index contributed by atoms with van der Waals surface area (Å²) in [5.41, 5.74) is 1.34. The highest BCUT2D eigenvalue weighted by Gasteiger charge is 2.17. The van der Waals surface area contributed by atoms with E-state index in [2.05, 4.69) is 47.5 Å². The molecule has 0 bridgehead atoms. The molecule has 2 heterocycles. The van der Waals surface area contributed by atoms with Gasteiger partial charge in [0.1, 0.15) is 18.0 Å². The molecule has 2 rings (SSSR count). The summed E-state index contributed by atoms with van der Waals surface area (Å²) in [7, 11) is 2.10. The third-order valence-electron chi connectivity index (χ3n) is 3.38. The van der Waals surface area contributed by atoms with Gasteiger partial charge in [-0.15, -0.1) is 11.3 Å². The fraction of sp³-hybridized carbons (Fsp3) is 0.438. The Labute approximate surface area is 149 Å². The molecule has 0 saturated heterocycles. The van der Waals surface area contributed by atoms with Crippen molar-refractivity contribution in [2.75, 3.05) is 20.1 Å². The number of rotatable bonds is 5. The summed E-state index contributed by atoms with van der Waals surface area (Å²) in [6.45, 7) is 4.22. The minimum absolute atomic E-state index is 0.966. The molecule has 0 aliphatic carbocycles. The van der Waals surface area contributed by atoms with Crippen LogP contribution in [-0.2, 0) is 9.59 Å². The molecule has 2 N–H and O–H groups in total. The lowest BCUT2D eigenvalue weighted by Gasteiger charge is -2.22. The molecule has 1 aliphatic rings. The average Bonchev–Trinajstić information content (AvgIpc) is 2.98. The molecule has 1 aromatic heterocycles. The number of hydrogen-bond donors (Lipinski definition) is 2. The van der Waals surface area contributed by atoms with Gasteiger partial charge in [-0.3, -0.25) is 4.99 Å². The van der Waals surface area contributed by atoms with E-state index in [1.165, 1.54) is 16.9 Å². The number of carbonyl (C=O) groups excluding carboxylic acids is 2. The molecule has 138 valence electrons. The largest absolute Gasteiger partial charge is 0.547 e. The number of carbonyl (C=O) groups is 2. The van der Waals surface area contributed by atoms with Gasteiger partial charge in [0.2, 0.25) is 0 Å². The number of carboxylic acids is 2. The molecule has 1 aliphatic heterocycles. The van der Waals surface area contributed by atoms with Crippen LogP contribution in [0.25, 0.3) is 6.08 Å². The summed E-state index contributed by atoms with van der Waals surface area (Å²) in [5.74, 6) is -3.01. The van der Waals surface area contributed by atoms with Crippen molar-refractivity contribution in [2.24, 2.45) is 4.99 Å². The van der Waals surface area contributed by atoms with Gasteiger partial charge in [0, 0.05) is 25.0 Å². The Morgan fingerprint density at radius 1 is 1.28 bits per heavy atom. The Morgan fingerprint density at radius 2 is 1.88 bits per heavy atom. The van der Waals surface area contributed by atoms with Crippen LogP contribution in [0.4, 0.5) is 0 Å². The number of aliphatic imine (C=N–C) groups is 1. The normalized spacial score (nSPS) is 16.6. The topological polar surface area (TPSA) is 136 Å². The van der Waals surface area contributed by atoms with E-state index >= 15 is 0 Å². The van der Waals surface area contributed by atoms with Crippen LogP contribution in [0.3, 0.4) is 0 Å². The minimum Gasteiger partial charge on any atom is -0.547 e. The third-order valence-corrected chi connectivity index (χ3v) is 4.37. The van der Waals surface area contributed by atoms with E-state index in [1.54, 1.807) is 11.3 Å². The first kappa shape index (κ1) is 20.8. The van der Waals surface area contributed by atoms with Crippen molar-refractivity contribution in [1.29, 1.82) is 0 Å². The molecule has 0 amide bonds. The van der Waals surface area contributed by atoms with Gasteiger partial charge in [0.15, 0.2) is 0 Å². The summed E-state index contributed by atoms with van der Waals surface area (Å²) < 4.78 is 0. The average molecular weight is 368 g/mol. The van der Waals surface area contributed by atoms with Crippen molar-refractivity contribution in [1.82, 2.24) is 4.90 Å². The molecule has 2 atom stereocenters. The second-order valence-corrected chi connectivity index (χ2v) is 6.29. The summed E-state index contributed by atoms with van der Waals surface area (Å²) in [6, 6.07) is 2.15. The van der Waals surface area contributed by atoms with Crippen LogP contribution in [-0.4, -0.2) is 65.2 Å². The third kappa shape index (κ3) is 6.65. The Bertz CT molecular complexity index is 637. The molecule has 0 radical (unpaired) electrons. The van der Waals surface area contributed by atoms with Gasteiger partial charge in [-0.2, -0.15) is 0 Å². The van der Waals surface area contributed by atoms with E-state index in [1.807, 2.05) is 0 Å². The first-order valence-electron chi connectivity index (χ1n) is 7.49. The highest BCUT2D eigenvalue weighted by Crippen LogP contribution is 2.17. The quantitative estimate of drug-likeness (QED) is 0.614. The van der Waals surface area contributed by atoms with Crippen molar-refractivity contribution in [3.63, 3.8) is 0 Å². The maximum Gasteiger partial charge on any atom is 0.124 e. The molecular formula is C16H20N2O6S-2. The Balaban J connectivity index is 0.000000275. The van der Waals surface area contributed by atoms with Gasteiger partial charge < -0.3 is 34.9 Å². The predicted molar refractivity (Wildman–Crippen MR) is 89.7 cm³/mol. The molecule has 9 heteroatoms. The fourth-order valence-electron chi connectivity index (χ4n) is 1.88. The molecular weight excluding hydrogens is 348 g/mol. The van der Waals surface area contributed by atoms with Gasteiger partial charge in [0.05, 0.1) is 11.9 Å². The number of carboxylic acid groups (broad SMARTS) is 2. The maximum atomic E-state index is 9.63. The van der Waals surface area contributed by atoms with Crippen LogP contribution in [0, 0.1) is 6.92 Å². The van der Waals surface area contributed by atoms with E-state index in [0.717, 1.165) is 18.9 Å². The zero-order valence-corrected chi connectivity index (χ0v) is 14.7. The number of thiophene rings is 1. The van der Waals surface area contributed by atoms with Crippen molar-refractivity contribution in [2.45, 2.75) is 25.6 Å². The Morgan fingerprint density at radius 3 is 2.32 bits per heavy atom. The standard InChI is InChI=1S/C12H16N2S.C4H6O6/c1-10-6-9-15-11(10)4-5-12-13-7-3-8-14(12)2;5-1(3(7)8)2(6)4(9)10/h4-6,9H,3,7-8H2,1-2H3;1-2,5-6H,(H,7,8)(H,9,10)/p-2/b5-4+;/t;1-,2-/m.1/s1. The summed E-state index contributed by atoms with van der Waals surface area (Å²) >= 11 is 1.78. The zero-order valence-electron chi connectivity index (χ0n) is 13.9. The SMILES string of the molecule is Cc1ccsc1/C=C/C1=NCCCN1C.O=C([O-])[C@H](O)[C@@H](O)C(=O)[O-]. The second kappa shape index (κ2) is 9.92. The molecule has 0 spiro atoms. The molecule has 0 unspecified atom stereocenters. The number of nitrogens with zero attached hydrogens (tertiary/aromatic N) is 2. The van der Waals surface area contributed by atoms with Gasteiger partial charge in [-0.1, -0.05) is 0 Å². The summed E-state index contributed by atoms with van der Waals surface area (Å²) in [4.78, 5) is 27.3. The molecule has 1 aromatic rings. The van der Waals surface area contributed by atoms with Crippen molar-refractivity contribution in [3.05, 3.63) is 28.0 Å². The molecule has 0 aromatic carbocycles. The first-order chi connectivity index (χ1) is 11.7. The van der Waals surface area contributed by atoms with E-state index in [-0.39, 0.29) is 0 Å². The number of hydrogen-bond acceptors (Lipinski definition) is 9. The molecule has 0 fully saturated rings. The van der Waals surface area contributed by atoms with Crippen molar-refractivity contribution < 1.29 is 30.0 Å². The number of aliphatic hydroxyl groups is 2. The first-order valence-corrected chi connectivity index (χ1v) is 8.37. The van der Waals surface area contributed by atoms with Gasteiger partial charge in [0.25, 0.3) is 0 Å². The van der Waals surface area contributed by atoms with Crippen LogP contribution < -0.4 is 10.2 Å². The smallest absolute Gasteiger partial charge is 0.124 e. The van der Waals surface area contributed by atoms with Crippen LogP contribution in [0.15, 0.2) is 22.5 Å². The van der Waals surface area contributed by atoms with Crippen molar-refractivity contribution >= 4 is 35.2 Å². The summed E-state index contributed by atoms with van der Waals surface area (Å²) in [6.07, 6.45) is 0.583. The van der Waals surface area contributed by atoms with Gasteiger partial charge in [-0.25, -0.2) is 0 Å². The monoisotopic (exact) mass is 368 g/mol. The van der Waals surface area contributed by atoms with Crippen LogP contribution in [0.1, 0.15) is 16.9 Å². The van der Waals surface area contributed by atoms with E-state index < -0.39 is 24.1 Å². The van der Waals surface area contributed by atoms with Crippen LogP contribution in [0.5, 0.6) is 0 Å². The van der Waals surface area contributed by atoms with Gasteiger partial charge in [-0.05, 0) is 42.5 Å². The lowest BCUT2D eigenvalue weighted by atomic mass is 10.2. The number of aliphatic carboxylic acids is 2. The van der Waals surface area contributed by atoms with Crippen LogP contribution >= 0.6 is 11.3 Å². The maximum absolute atomic E-state index is 9.63. The number of amidine groups is 1. The molecule has 0 saturated carbocycles. The number of aliphatic hydroxyl groups excluding tert-OH is 2. The second-order valence-electron chi connectivity index (χ2n) is 5.34. The van der Waals surface area contributed by atoms with E-state index in [0.29, 0.717) is 0 Å². The lowest BCUT2D eigenvalue weighted by molar-refractivity contribution is -0.333. The number of aryl methyl sites for hydroxylation is 1. The van der Waals surface area contributed by atoms with Crippen molar-refractivity contribution in [3.8, 4) is 0 Å².